The molecule has 23 heavy (non-hydrogen) atoms. The van der Waals surface area contributed by atoms with E-state index in [1.54, 1.807) is 30.3 Å². The SMILES string of the molecule is CN(C)CCc1ccc([N+](=O)[O-])c2[nH]c3ccccc3c(=O)c12. The van der Waals surface area contributed by atoms with Gasteiger partial charge in [-0.2, -0.15) is 0 Å². The molecule has 3 aromatic rings. The van der Waals surface area contributed by atoms with Crippen LogP contribution in [0.15, 0.2) is 41.2 Å². The first-order valence-electron chi connectivity index (χ1n) is 7.35. The predicted molar refractivity (Wildman–Crippen MR) is 91.0 cm³/mol. The van der Waals surface area contributed by atoms with Gasteiger partial charge < -0.3 is 9.88 Å². The molecule has 0 bridgehead atoms. The van der Waals surface area contributed by atoms with E-state index in [1.165, 1.54) is 6.07 Å². The number of nitro groups is 1. The number of hydrogen-bond acceptors (Lipinski definition) is 4. The first kappa shape index (κ1) is 15.2. The van der Waals surface area contributed by atoms with Crippen molar-refractivity contribution in [1.29, 1.82) is 0 Å². The summed E-state index contributed by atoms with van der Waals surface area (Å²) < 4.78 is 0. The molecule has 0 unspecified atom stereocenters. The molecular weight excluding hydrogens is 294 g/mol. The Hall–Kier alpha value is -2.73. The number of H-pyrrole nitrogens is 1. The fraction of sp³-hybridized carbons (Fsp3) is 0.235. The average molecular weight is 311 g/mol. The van der Waals surface area contributed by atoms with Gasteiger partial charge in [-0.1, -0.05) is 18.2 Å². The second-order valence-corrected chi connectivity index (χ2v) is 5.80. The van der Waals surface area contributed by atoms with Crippen molar-refractivity contribution in [1.82, 2.24) is 9.88 Å². The molecule has 6 heteroatoms. The molecule has 1 heterocycles. The Bertz CT molecular complexity index is 960. The number of aromatic amines is 1. The van der Waals surface area contributed by atoms with Crippen molar-refractivity contribution in [3.05, 3.63) is 62.3 Å². The highest BCUT2D eigenvalue weighted by atomic mass is 16.6. The standard InChI is InChI=1S/C17H17N3O3/c1-19(2)10-9-11-7-8-14(20(22)23)16-15(11)17(21)12-5-3-4-6-13(12)18-16/h3-8H,9-10H2,1-2H3,(H,18,21). The molecule has 0 saturated carbocycles. The van der Waals surface area contributed by atoms with Crippen LogP contribution in [0.5, 0.6) is 0 Å². The molecule has 0 aliphatic carbocycles. The summed E-state index contributed by atoms with van der Waals surface area (Å²) in [5, 5.41) is 12.3. The van der Waals surface area contributed by atoms with Crippen LogP contribution in [0.1, 0.15) is 5.56 Å². The second-order valence-electron chi connectivity index (χ2n) is 5.80. The van der Waals surface area contributed by atoms with E-state index in [0.717, 1.165) is 12.1 Å². The summed E-state index contributed by atoms with van der Waals surface area (Å²) in [4.78, 5) is 28.8. The first-order chi connectivity index (χ1) is 11.0. The second kappa shape index (κ2) is 5.81. The highest BCUT2D eigenvalue weighted by Crippen LogP contribution is 2.27. The van der Waals surface area contributed by atoms with E-state index < -0.39 is 4.92 Å². The Balaban J connectivity index is 2.38. The molecule has 0 aliphatic heterocycles. The number of nitrogens with zero attached hydrogens (tertiary/aromatic N) is 2. The van der Waals surface area contributed by atoms with Crippen LogP contribution in [0.2, 0.25) is 0 Å². The van der Waals surface area contributed by atoms with E-state index in [9.17, 15) is 14.9 Å². The molecular formula is C17H17N3O3. The number of nitro benzene ring substituents is 1. The third-order valence-corrected chi connectivity index (χ3v) is 3.95. The van der Waals surface area contributed by atoms with Crippen molar-refractivity contribution >= 4 is 27.5 Å². The van der Waals surface area contributed by atoms with Crippen LogP contribution in [-0.4, -0.2) is 35.4 Å². The van der Waals surface area contributed by atoms with E-state index in [2.05, 4.69) is 4.98 Å². The van der Waals surface area contributed by atoms with Gasteiger partial charge in [-0.05, 0) is 38.2 Å². The van der Waals surface area contributed by atoms with E-state index in [0.29, 0.717) is 28.2 Å². The van der Waals surface area contributed by atoms with Crippen molar-refractivity contribution < 1.29 is 4.92 Å². The van der Waals surface area contributed by atoms with Gasteiger partial charge in [0.25, 0.3) is 5.69 Å². The fourth-order valence-electron chi connectivity index (χ4n) is 2.78. The van der Waals surface area contributed by atoms with Crippen LogP contribution in [0.25, 0.3) is 21.8 Å². The molecule has 0 spiro atoms. The Morgan fingerprint density at radius 3 is 2.61 bits per heavy atom. The molecule has 0 radical (unpaired) electrons. The quantitative estimate of drug-likeness (QED) is 0.456. The Morgan fingerprint density at radius 1 is 1.17 bits per heavy atom. The molecule has 0 fully saturated rings. The largest absolute Gasteiger partial charge is 0.349 e. The fourth-order valence-corrected chi connectivity index (χ4v) is 2.78. The van der Waals surface area contributed by atoms with Gasteiger partial charge in [-0.3, -0.25) is 14.9 Å². The normalized spacial score (nSPS) is 11.4. The van der Waals surface area contributed by atoms with Crippen LogP contribution >= 0.6 is 0 Å². The predicted octanol–water partition coefficient (Wildman–Crippen LogP) is 2.69. The maximum Gasteiger partial charge on any atom is 0.293 e. The molecule has 1 aromatic heterocycles. The highest BCUT2D eigenvalue weighted by Gasteiger charge is 2.19. The zero-order valence-corrected chi connectivity index (χ0v) is 13.0. The lowest BCUT2D eigenvalue weighted by Gasteiger charge is -2.12. The minimum atomic E-state index is -0.456. The maximum atomic E-state index is 12.9. The molecule has 118 valence electrons. The van der Waals surface area contributed by atoms with Crippen molar-refractivity contribution in [3.8, 4) is 0 Å². The summed E-state index contributed by atoms with van der Waals surface area (Å²) in [6.45, 7) is 0.763. The van der Waals surface area contributed by atoms with Gasteiger partial charge >= 0.3 is 0 Å². The summed E-state index contributed by atoms with van der Waals surface area (Å²) in [6.07, 6.45) is 0.656. The van der Waals surface area contributed by atoms with Gasteiger partial charge in [0.2, 0.25) is 0 Å². The minimum absolute atomic E-state index is 0.0727. The monoisotopic (exact) mass is 311 g/mol. The van der Waals surface area contributed by atoms with Gasteiger partial charge in [-0.15, -0.1) is 0 Å². The van der Waals surface area contributed by atoms with Crippen molar-refractivity contribution in [2.75, 3.05) is 20.6 Å². The molecule has 0 aliphatic rings. The number of para-hydroxylation sites is 1. The van der Waals surface area contributed by atoms with Crippen LogP contribution in [0.3, 0.4) is 0 Å². The lowest BCUT2D eigenvalue weighted by Crippen LogP contribution is -2.17. The van der Waals surface area contributed by atoms with Gasteiger partial charge in [0.15, 0.2) is 5.43 Å². The van der Waals surface area contributed by atoms with Crippen molar-refractivity contribution in [2.45, 2.75) is 6.42 Å². The minimum Gasteiger partial charge on any atom is -0.349 e. The molecule has 0 atom stereocenters. The third kappa shape index (κ3) is 2.68. The number of nitrogens with one attached hydrogen (secondary N) is 1. The zero-order chi connectivity index (χ0) is 16.6. The lowest BCUT2D eigenvalue weighted by atomic mass is 10.0. The summed E-state index contributed by atoms with van der Waals surface area (Å²) in [7, 11) is 3.90. The van der Waals surface area contributed by atoms with Crippen LogP contribution in [0, 0.1) is 10.1 Å². The number of hydrogen-bond donors (Lipinski definition) is 1. The number of pyridine rings is 1. The summed E-state index contributed by atoms with van der Waals surface area (Å²) in [5.41, 5.74) is 1.50. The summed E-state index contributed by atoms with van der Waals surface area (Å²) in [6, 6.07) is 10.2. The molecule has 1 N–H and O–H groups in total. The topological polar surface area (TPSA) is 79.2 Å². The smallest absolute Gasteiger partial charge is 0.293 e. The molecule has 3 rings (SSSR count). The number of non-ortho nitro benzene ring substituents is 1. The van der Waals surface area contributed by atoms with Crippen LogP contribution < -0.4 is 5.43 Å². The zero-order valence-electron chi connectivity index (χ0n) is 13.0. The summed E-state index contributed by atoms with van der Waals surface area (Å²) >= 11 is 0. The van der Waals surface area contributed by atoms with Crippen molar-refractivity contribution in [3.63, 3.8) is 0 Å². The van der Waals surface area contributed by atoms with Gasteiger partial charge in [0.1, 0.15) is 5.52 Å². The van der Waals surface area contributed by atoms with Crippen LogP contribution in [-0.2, 0) is 6.42 Å². The highest BCUT2D eigenvalue weighted by molar-refractivity contribution is 5.98. The van der Waals surface area contributed by atoms with E-state index in [4.69, 9.17) is 0 Å². The first-order valence-corrected chi connectivity index (χ1v) is 7.35. The average Bonchev–Trinajstić information content (AvgIpc) is 2.52. The number of likely N-dealkylation sites (N-methyl/N-ethyl adjacent to an activating group) is 1. The molecule has 2 aromatic carbocycles. The Labute approximate surface area is 132 Å². The molecule has 0 saturated heterocycles. The van der Waals surface area contributed by atoms with E-state index in [1.807, 2.05) is 19.0 Å². The number of fused-ring (bicyclic) bond motifs is 2. The van der Waals surface area contributed by atoms with Gasteiger partial charge in [0.05, 0.1) is 10.3 Å². The van der Waals surface area contributed by atoms with Crippen LogP contribution in [0.4, 0.5) is 5.69 Å². The van der Waals surface area contributed by atoms with Crippen molar-refractivity contribution in [2.24, 2.45) is 0 Å². The third-order valence-electron chi connectivity index (χ3n) is 3.95. The van der Waals surface area contributed by atoms with E-state index >= 15 is 0 Å². The molecule has 0 amide bonds. The van der Waals surface area contributed by atoms with Gasteiger partial charge in [-0.25, -0.2) is 0 Å². The maximum absolute atomic E-state index is 12.9. The Morgan fingerprint density at radius 2 is 1.91 bits per heavy atom. The number of rotatable bonds is 4. The number of benzene rings is 2. The van der Waals surface area contributed by atoms with E-state index in [-0.39, 0.29) is 11.1 Å². The Kier molecular flexibility index (Phi) is 3.83. The molecule has 6 nitrogen and oxygen atoms in total. The lowest BCUT2D eigenvalue weighted by molar-refractivity contribution is -0.383. The van der Waals surface area contributed by atoms with Gasteiger partial charge in [0, 0.05) is 23.5 Å². The summed E-state index contributed by atoms with van der Waals surface area (Å²) in [5.74, 6) is 0. The number of aromatic nitrogens is 1.